The van der Waals surface area contributed by atoms with E-state index in [-0.39, 0.29) is 19.1 Å². The molecule has 5 atom stereocenters. The van der Waals surface area contributed by atoms with E-state index >= 15 is 0 Å². The normalized spacial score (nSPS) is 27.3. The minimum Gasteiger partial charge on any atom is -0.472 e. The van der Waals surface area contributed by atoms with Gasteiger partial charge in [-0.3, -0.25) is 9.59 Å². The van der Waals surface area contributed by atoms with Gasteiger partial charge in [0.25, 0.3) is 0 Å². The van der Waals surface area contributed by atoms with Crippen LogP contribution in [0.25, 0.3) is 10.9 Å². The lowest BCUT2D eigenvalue weighted by Crippen LogP contribution is -2.57. The number of fused-ring (bicyclic) bond motifs is 5. The lowest BCUT2D eigenvalue weighted by Gasteiger charge is -2.34. The summed E-state index contributed by atoms with van der Waals surface area (Å²) in [6.07, 6.45) is 4.81. The Hall–Kier alpha value is -3.69. The molecule has 1 N–H and O–H groups in total. The molecule has 0 spiro atoms. The maximum absolute atomic E-state index is 14.0. The third-order valence-electron chi connectivity index (χ3n) is 8.41. The molecule has 1 aromatic heterocycles. The molecule has 2 aliphatic heterocycles. The summed E-state index contributed by atoms with van der Waals surface area (Å²) in [5, 5.41) is 3.55. The van der Waals surface area contributed by atoms with Gasteiger partial charge in [-0.1, -0.05) is 51.8 Å². The van der Waals surface area contributed by atoms with E-state index in [1.54, 1.807) is 0 Å². The van der Waals surface area contributed by atoms with Crippen molar-refractivity contribution in [2.75, 3.05) is 13.7 Å². The molecule has 3 aliphatic rings. The molecule has 2 aromatic rings. The van der Waals surface area contributed by atoms with Gasteiger partial charge in [-0.15, -0.1) is 0 Å². The highest BCUT2D eigenvalue weighted by molar-refractivity contribution is 5.98. The largest absolute Gasteiger partial charge is 0.472 e. The number of hydrogen-bond acceptors (Lipinski definition) is 8. The van der Waals surface area contributed by atoms with Crippen LogP contribution in [0.4, 0.5) is 4.79 Å². The molecular formula is C31H39N3O7. The summed E-state index contributed by atoms with van der Waals surface area (Å²) in [5.41, 5.74) is 1.28. The molecule has 2 fully saturated rings. The molecule has 10 nitrogen and oxygen atoms in total. The van der Waals surface area contributed by atoms with Crippen LogP contribution in [0.2, 0.25) is 0 Å². The predicted octanol–water partition coefficient (Wildman–Crippen LogP) is 4.21. The molecule has 1 aliphatic carbocycles. The third-order valence-corrected chi connectivity index (χ3v) is 8.41. The zero-order valence-electron chi connectivity index (χ0n) is 24.2. The Morgan fingerprint density at radius 1 is 1.12 bits per heavy atom. The molecule has 1 aromatic carbocycles. The van der Waals surface area contributed by atoms with Crippen LogP contribution in [0.5, 0.6) is 5.88 Å². The van der Waals surface area contributed by atoms with Gasteiger partial charge in [0.2, 0.25) is 11.8 Å². The minimum absolute atomic E-state index is 0.0942. The first-order valence-electron chi connectivity index (χ1n) is 14.5. The summed E-state index contributed by atoms with van der Waals surface area (Å²) in [6.45, 7) is 5.65. The van der Waals surface area contributed by atoms with Crippen molar-refractivity contribution in [3.05, 3.63) is 35.4 Å². The number of methoxy groups -OCH3 is 1. The fraction of sp³-hybridized carbons (Fsp3) is 0.581. The molecule has 10 heteroatoms. The monoisotopic (exact) mass is 565 g/mol. The number of carbonyl (C=O) groups excluding carboxylic acids is 4. The van der Waals surface area contributed by atoms with Crippen LogP contribution in [-0.4, -0.2) is 72.1 Å². The average molecular weight is 566 g/mol. The quantitative estimate of drug-likeness (QED) is 0.424. The van der Waals surface area contributed by atoms with Crippen molar-refractivity contribution < 1.29 is 33.4 Å². The Morgan fingerprint density at radius 3 is 2.63 bits per heavy atom. The summed E-state index contributed by atoms with van der Waals surface area (Å²) in [7, 11) is 1.28. The number of amides is 2. The Balaban J connectivity index is 1.52. The van der Waals surface area contributed by atoms with Crippen LogP contribution in [0, 0.1) is 11.3 Å². The smallest absolute Gasteiger partial charge is 0.408 e. The number of pyridine rings is 1. The van der Waals surface area contributed by atoms with Crippen LogP contribution in [0.15, 0.2) is 24.3 Å². The lowest BCUT2D eigenvalue weighted by molar-refractivity contribution is -0.152. The second-order valence-corrected chi connectivity index (χ2v) is 12.4. The standard InChI is InChI=1S/C31H39N3O7/c1-31(2,3)26-28(36)34-16-19(15-24(34)29(37)39-4)40-27-21(22(17-35)20-11-8-9-13-23(20)32-27)12-7-5-6-10-18-14-25(18)41-30(38)33-26/h8-9,11,13,17-19,24-26H,5-7,10,12,14-16H2,1-4H3,(H,33,38). The van der Waals surface area contributed by atoms with Crippen LogP contribution in [-0.2, 0) is 25.5 Å². The third kappa shape index (κ3) is 6.16. The van der Waals surface area contributed by atoms with E-state index in [0.717, 1.165) is 49.3 Å². The maximum atomic E-state index is 14.0. The van der Waals surface area contributed by atoms with Gasteiger partial charge in [-0.25, -0.2) is 14.6 Å². The maximum Gasteiger partial charge on any atom is 0.408 e. The van der Waals surface area contributed by atoms with Gasteiger partial charge in [0.15, 0.2) is 6.29 Å². The molecule has 5 unspecified atom stereocenters. The van der Waals surface area contributed by atoms with Crippen molar-refractivity contribution in [3.63, 3.8) is 0 Å². The number of aldehydes is 1. The summed E-state index contributed by atoms with van der Waals surface area (Å²) < 4.78 is 17.1. The number of aromatic nitrogens is 1. The van der Waals surface area contributed by atoms with E-state index in [1.165, 1.54) is 12.0 Å². The summed E-state index contributed by atoms with van der Waals surface area (Å²) in [5.74, 6) is -0.319. The molecule has 220 valence electrons. The highest BCUT2D eigenvalue weighted by atomic mass is 16.6. The number of ether oxygens (including phenoxy) is 3. The van der Waals surface area contributed by atoms with Crippen molar-refractivity contribution >= 4 is 35.2 Å². The Bertz CT molecular complexity index is 1340. The Kier molecular flexibility index (Phi) is 8.20. The van der Waals surface area contributed by atoms with Crippen LogP contribution >= 0.6 is 0 Å². The topological polar surface area (TPSA) is 124 Å². The van der Waals surface area contributed by atoms with Gasteiger partial charge in [0, 0.05) is 22.9 Å². The summed E-state index contributed by atoms with van der Waals surface area (Å²) >= 11 is 0. The number of esters is 1. The van der Waals surface area contributed by atoms with Crippen LogP contribution in [0.3, 0.4) is 0 Å². The second-order valence-electron chi connectivity index (χ2n) is 12.4. The molecule has 0 radical (unpaired) electrons. The van der Waals surface area contributed by atoms with Crippen molar-refractivity contribution in [2.24, 2.45) is 11.3 Å². The molecule has 2 bridgehead atoms. The number of alkyl carbamates (subject to hydrolysis) is 1. The molecular weight excluding hydrogens is 526 g/mol. The fourth-order valence-corrected chi connectivity index (χ4v) is 6.03. The van der Waals surface area contributed by atoms with Gasteiger partial charge in [-0.2, -0.15) is 0 Å². The SMILES string of the molecule is COC(=O)C1CC2CN1C(=O)C(C(C)(C)C)NC(=O)OC1CC1CCCCCc1c(nc3ccccc3c1C=O)O2. The van der Waals surface area contributed by atoms with E-state index < -0.39 is 41.6 Å². The molecule has 5 rings (SSSR count). The Morgan fingerprint density at radius 2 is 1.90 bits per heavy atom. The van der Waals surface area contributed by atoms with Crippen molar-refractivity contribution in [3.8, 4) is 5.88 Å². The highest BCUT2D eigenvalue weighted by Crippen LogP contribution is 2.39. The summed E-state index contributed by atoms with van der Waals surface area (Å²) in [4.78, 5) is 58.2. The average Bonchev–Trinajstić information content (AvgIpc) is 3.53. The van der Waals surface area contributed by atoms with Gasteiger partial charge in [0.05, 0.1) is 19.2 Å². The van der Waals surface area contributed by atoms with Crippen LogP contribution in [0.1, 0.15) is 75.2 Å². The second kappa shape index (κ2) is 11.7. The van der Waals surface area contributed by atoms with E-state index in [2.05, 4.69) is 5.32 Å². The number of carbonyl (C=O) groups is 4. The molecule has 41 heavy (non-hydrogen) atoms. The van der Waals surface area contributed by atoms with Gasteiger partial charge in [-0.05, 0) is 43.1 Å². The van der Waals surface area contributed by atoms with E-state index in [4.69, 9.17) is 19.2 Å². The van der Waals surface area contributed by atoms with Crippen molar-refractivity contribution in [1.82, 2.24) is 15.2 Å². The highest BCUT2D eigenvalue weighted by Gasteiger charge is 2.47. The Labute approximate surface area is 240 Å². The fourth-order valence-electron chi connectivity index (χ4n) is 6.03. The van der Waals surface area contributed by atoms with E-state index in [9.17, 15) is 19.2 Å². The number of rotatable bonds is 2. The zero-order valence-corrected chi connectivity index (χ0v) is 24.2. The minimum atomic E-state index is -0.937. The molecule has 2 amide bonds. The number of hydrogen-bond donors (Lipinski definition) is 1. The lowest BCUT2D eigenvalue weighted by atomic mass is 9.85. The number of benzene rings is 1. The molecule has 3 heterocycles. The summed E-state index contributed by atoms with van der Waals surface area (Å²) in [6, 6.07) is 5.62. The van der Waals surface area contributed by atoms with E-state index in [0.29, 0.717) is 29.3 Å². The zero-order chi connectivity index (χ0) is 29.3. The van der Waals surface area contributed by atoms with Crippen LogP contribution < -0.4 is 10.1 Å². The number of nitrogens with zero attached hydrogens (tertiary/aromatic N) is 2. The number of para-hydroxylation sites is 1. The van der Waals surface area contributed by atoms with Crippen molar-refractivity contribution in [1.29, 1.82) is 0 Å². The molecule has 1 saturated heterocycles. The van der Waals surface area contributed by atoms with Gasteiger partial charge < -0.3 is 24.4 Å². The first kappa shape index (κ1) is 28.8. The van der Waals surface area contributed by atoms with E-state index in [1.807, 2.05) is 45.0 Å². The van der Waals surface area contributed by atoms with Crippen molar-refractivity contribution in [2.45, 2.75) is 90.0 Å². The predicted molar refractivity (Wildman–Crippen MR) is 151 cm³/mol. The number of nitrogens with one attached hydrogen (secondary N) is 1. The van der Waals surface area contributed by atoms with Gasteiger partial charge >= 0.3 is 12.1 Å². The first-order valence-corrected chi connectivity index (χ1v) is 14.5. The molecule has 1 saturated carbocycles. The first-order chi connectivity index (χ1) is 19.6. The van der Waals surface area contributed by atoms with Gasteiger partial charge in [0.1, 0.15) is 24.3 Å².